The Morgan fingerprint density at radius 3 is 2.69 bits per heavy atom. The van der Waals surface area contributed by atoms with Crippen molar-refractivity contribution in [2.75, 3.05) is 6.61 Å². The summed E-state index contributed by atoms with van der Waals surface area (Å²) < 4.78 is 19.3. The van der Waals surface area contributed by atoms with Gasteiger partial charge < -0.3 is 15.4 Å². The van der Waals surface area contributed by atoms with Crippen LogP contribution in [-0.4, -0.2) is 23.5 Å². The van der Waals surface area contributed by atoms with Crippen molar-refractivity contribution in [3.8, 4) is 0 Å². The quantitative estimate of drug-likeness (QED) is 0.424. The van der Waals surface area contributed by atoms with Crippen molar-refractivity contribution >= 4 is 17.7 Å². The van der Waals surface area contributed by atoms with Gasteiger partial charge in [0.2, 0.25) is 5.82 Å². The van der Waals surface area contributed by atoms with Gasteiger partial charge in [-0.15, -0.1) is 0 Å². The van der Waals surface area contributed by atoms with Crippen LogP contribution in [-0.2, 0) is 9.53 Å². The third-order valence-corrected chi connectivity index (χ3v) is 5.40. The zero-order valence-electron chi connectivity index (χ0n) is 16.2. The zero-order chi connectivity index (χ0) is 21.0. The minimum absolute atomic E-state index is 0.184. The van der Waals surface area contributed by atoms with E-state index in [2.05, 4.69) is 10.6 Å². The molecule has 3 rings (SSSR count). The van der Waals surface area contributed by atoms with Crippen LogP contribution in [0.15, 0.2) is 29.5 Å². The Balaban J connectivity index is 1.89. The van der Waals surface area contributed by atoms with Gasteiger partial charge in [-0.1, -0.05) is 32.3 Å². The van der Waals surface area contributed by atoms with E-state index < -0.39 is 34.5 Å². The molecule has 0 saturated heterocycles. The standard InChI is InChI=1S/C20H24FN3O5/c1-2-15-17(19(25)29-11-12-6-4-3-5-7-12)18(23-20(26)22-15)13-8-9-14(21)16(10-13)24(27)28/h8-10,12,18H,2-7,11H2,1H3,(H2,22,23,26). The van der Waals surface area contributed by atoms with E-state index in [1.165, 1.54) is 12.5 Å². The van der Waals surface area contributed by atoms with E-state index in [4.69, 9.17) is 4.74 Å². The number of carbonyl (C=O) groups excluding carboxylic acids is 2. The topological polar surface area (TPSA) is 111 Å². The number of urea groups is 1. The van der Waals surface area contributed by atoms with Crippen LogP contribution in [0.3, 0.4) is 0 Å². The Morgan fingerprint density at radius 2 is 2.03 bits per heavy atom. The molecule has 1 unspecified atom stereocenters. The summed E-state index contributed by atoms with van der Waals surface area (Å²) in [6, 6.07) is 1.81. The van der Waals surface area contributed by atoms with Crippen LogP contribution < -0.4 is 10.6 Å². The number of nitrogens with one attached hydrogen (secondary N) is 2. The molecule has 2 N–H and O–H groups in total. The summed E-state index contributed by atoms with van der Waals surface area (Å²) in [7, 11) is 0. The van der Waals surface area contributed by atoms with Crippen molar-refractivity contribution in [3.05, 3.63) is 51.0 Å². The molecule has 1 aromatic carbocycles. The van der Waals surface area contributed by atoms with Gasteiger partial charge in [0.05, 0.1) is 23.1 Å². The van der Waals surface area contributed by atoms with E-state index in [1.807, 2.05) is 0 Å². The van der Waals surface area contributed by atoms with Gasteiger partial charge in [0, 0.05) is 11.8 Å². The average molecular weight is 405 g/mol. The van der Waals surface area contributed by atoms with E-state index in [-0.39, 0.29) is 11.1 Å². The number of allylic oxidation sites excluding steroid dienone is 1. The number of halogens is 1. The minimum atomic E-state index is -0.986. The van der Waals surface area contributed by atoms with Crippen molar-refractivity contribution in [2.45, 2.75) is 51.5 Å². The van der Waals surface area contributed by atoms with Crippen molar-refractivity contribution in [1.82, 2.24) is 10.6 Å². The van der Waals surface area contributed by atoms with Gasteiger partial charge in [-0.3, -0.25) is 10.1 Å². The molecule has 0 radical (unpaired) electrons. The summed E-state index contributed by atoms with van der Waals surface area (Å²) in [4.78, 5) is 35.2. The monoisotopic (exact) mass is 405 g/mol. The van der Waals surface area contributed by atoms with E-state index in [1.54, 1.807) is 6.92 Å². The Hall–Kier alpha value is -2.97. The number of carbonyl (C=O) groups is 2. The number of nitrogens with zero attached hydrogens (tertiary/aromatic N) is 1. The number of rotatable bonds is 6. The van der Waals surface area contributed by atoms with Crippen LogP contribution in [0.25, 0.3) is 0 Å². The molecule has 2 aliphatic rings. The lowest BCUT2D eigenvalue weighted by atomic mass is 9.90. The SMILES string of the molecule is CCC1=C(C(=O)OCC2CCCCC2)C(c2ccc(F)c([N+](=O)[O-])c2)NC(=O)N1. The Bertz CT molecular complexity index is 849. The van der Waals surface area contributed by atoms with Gasteiger partial charge in [-0.2, -0.15) is 4.39 Å². The zero-order valence-corrected chi connectivity index (χ0v) is 16.2. The highest BCUT2D eigenvalue weighted by Crippen LogP contribution is 2.32. The van der Waals surface area contributed by atoms with Crippen molar-refractivity contribution in [1.29, 1.82) is 0 Å². The highest BCUT2D eigenvalue weighted by molar-refractivity contribution is 5.95. The molecule has 1 aliphatic heterocycles. The highest BCUT2D eigenvalue weighted by Gasteiger charge is 2.34. The van der Waals surface area contributed by atoms with Gasteiger partial charge in [0.15, 0.2) is 0 Å². The van der Waals surface area contributed by atoms with E-state index in [9.17, 15) is 24.1 Å². The van der Waals surface area contributed by atoms with Gasteiger partial charge >= 0.3 is 17.7 Å². The minimum Gasteiger partial charge on any atom is -0.462 e. The number of nitro benzene ring substituents is 1. The summed E-state index contributed by atoms with van der Waals surface area (Å²) in [5.74, 6) is -1.26. The van der Waals surface area contributed by atoms with Crippen LogP contribution in [0.2, 0.25) is 0 Å². The van der Waals surface area contributed by atoms with Gasteiger partial charge in [0.1, 0.15) is 0 Å². The molecular formula is C20H24FN3O5. The molecule has 0 spiro atoms. The molecule has 1 heterocycles. The van der Waals surface area contributed by atoms with Crippen LogP contribution in [0.5, 0.6) is 0 Å². The third-order valence-electron chi connectivity index (χ3n) is 5.40. The first-order valence-corrected chi connectivity index (χ1v) is 9.82. The molecule has 1 atom stereocenters. The summed E-state index contributed by atoms with van der Waals surface area (Å²) in [5.41, 5.74) is 0.0926. The molecule has 1 aliphatic carbocycles. The fourth-order valence-electron chi connectivity index (χ4n) is 3.86. The smallest absolute Gasteiger partial charge is 0.338 e. The van der Waals surface area contributed by atoms with Crippen LogP contribution in [0, 0.1) is 21.8 Å². The maximum Gasteiger partial charge on any atom is 0.338 e. The first kappa shape index (κ1) is 20.8. The summed E-state index contributed by atoms with van der Waals surface area (Å²) in [6.07, 6.45) is 5.80. The molecular weight excluding hydrogens is 381 g/mol. The van der Waals surface area contributed by atoms with Crippen molar-refractivity contribution in [2.24, 2.45) is 5.92 Å². The van der Waals surface area contributed by atoms with Crippen LogP contribution >= 0.6 is 0 Å². The average Bonchev–Trinajstić information content (AvgIpc) is 2.72. The number of nitro groups is 1. The molecule has 9 heteroatoms. The van der Waals surface area contributed by atoms with Crippen LogP contribution in [0.1, 0.15) is 57.1 Å². The summed E-state index contributed by atoms with van der Waals surface area (Å²) in [5, 5.41) is 16.3. The van der Waals surface area contributed by atoms with Crippen molar-refractivity contribution in [3.63, 3.8) is 0 Å². The van der Waals surface area contributed by atoms with Crippen molar-refractivity contribution < 1.29 is 23.6 Å². The first-order chi connectivity index (χ1) is 13.9. The maximum atomic E-state index is 13.7. The second kappa shape index (κ2) is 9.02. The van der Waals surface area contributed by atoms with Crippen LogP contribution in [0.4, 0.5) is 14.9 Å². The number of ether oxygens (including phenoxy) is 1. The maximum absolute atomic E-state index is 13.7. The van der Waals surface area contributed by atoms with Gasteiger partial charge in [-0.25, -0.2) is 9.59 Å². The fourth-order valence-corrected chi connectivity index (χ4v) is 3.86. The summed E-state index contributed by atoms with van der Waals surface area (Å²) >= 11 is 0. The molecule has 0 bridgehead atoms. The molecule has 8 nitrogen and oxygen atoms in total. The number of esters is 1. The normalized spacial score (nSPS) is 20.1. The lowest BCUT2D eigenvalue weighted by Crippen LogP contribution is -2.46. The van der Waals surface area contributed by atoms with Gasteiger partial charge in [-0.05, 0) is 36.8 Å². The molecule has 156 valence electrons. The second-order valence-electron chi connectivity index (χ2n) is 7.35. The van der Waals surface area contributed by atoms with E-state index >= 15 is 0 Å². The van der Waals surface area contributed by atoms with E-state index in [0.29, 0.717) is 24.6 Å². The Kier molecular flexibility index (Phi) is 6.46. The molecule has 0 aromatic heterocycles. The number of hydrogen-bond acceptors (Lipinski definition) is 5. The molecule has 29 heavy (non-hydrogen) atoms. The predicted octanol–water partition coefficient (Wildman–Crippen LogP) is 3.88. The first-order valence-electron chi connectivity index (χ1n) is 9.82. The van der Waals surface area contributed by atoms with Gasteiger partial charge in [0.25, 0.3) is 0 Å². The molecule has 1 fully saturated rings. The largest absolute Gasteiger partial charge is 0.462 e. The second-order valence-corrected chi connectivity index (χ2v) is 7.35. The Labute approximate surface area is 167 Å². The lowest BCUT2D eigenvalue weighted by Gasteiger charge is -2.29. The molecule has 1 saturated carbocycles. The number of amides is 2. The third kappa shape index (κ3) is 4.72. The Morgan fingerprint density at radius 1 is 1.31 bits per heavy atom. The molecule has 1 aromatic rings. The molecule has 2 amide bonds. The predicted molar refractivity (Wildman–Crippen MR) is 102 cm³/mol. The highest BCUT2D eigenvalue weighted by atomic mass is 19.1. The summed E-state index contributed by atoms with van der Waals surface area (Å²) in [6.45, 7) is 2.07. The number of benzene rings is 1. The lowest BCUT2D eigenvalue weighted by molar-refractivity contribution is -0.387. The fraction of sp³-hybridized carbons (Fsp3) is 0.500. The number of hydrogen-bond donors (Lipinski definition) is 2. The van der Waals surface area contributed by atoms with E-state index in [0.717, 1.165) is 37.8 Å².